The zero-order chi connectivity index (χ0) is 15.8. The predicted molar refractivity (Wildman–Crippen MR) is 86.6 cm³/mol. The van der Waals surface area contributed by atoms with Crippen LogP contribution >= 0.6 is 0 Å². The zero-order valence-corrected chi connectivity index (χ0v) is 13.3. The summed E-state index contributed by atoms with van der Waals surface area (Å²) in [5.74, 6) is -0.102. The maximum atomic E-state index is 11.9. The molecule has 22 heavy (non-hydrogen) atoms. The van der Waals surface area contributed by atoms with Crippen LogP contribution in [0.5, 0.6) is 0 Å². The minimum atomic E-state index is -0.650. The molecule has 0 saturated heterocycles. The van der Waals surface area contributed by atoms with E-state index in [0.717, 1.165) is 43.5 Å². The number of unbranched alkanes of at least 4 members (excludes halogenated alkanes) is 1. The van der Waals surface area contributed by atoms with Crippen molar-refractivity contribution in [3.8, 4) is 0 Å². The Morgan fingerprint density at radius 2 is 2.05 bits per heavy atom. The van der Waals surface area contributed by atoms with Gasteiger partial charge in [-0.15, -0.1) is 0 Å². The molecule has 122 valence electrons. The first kappa shape index (κ1) is 16.9. The maximum absolute atomic E-state index is 11.9. The molecule has 0 atom stereocenters. The van der Waals surface area contributed by atoms with Crippen molar-refractivity contribution in [2.45, 2.75) is 44.8 Å². The number of carbonyl (C=O) groups is 1. The molecule has 1 saturated carbocycles. The third-order valence-electron chi connectivity index (χ3n) is 3.71. The van der Waals surface area contributed by atoms with E-state index < -0.39 is 5.54 Å². The number of nitrogens with one attached hydrogen (secondary N) is 1. The molecular weight excluding hydrogens is 280 g/mol. The van der Waals surface area contributed by atoms with Crippen LogP contribution in [0.1, 0.15) is 38.2 Å². The van der Waals surface area contributed by atoms with Crippen molar-refractivity contribution in [1.29, 1.82) is 0 Å². The van der Waals surface area contributed by atoms with E-state index in [0.29, 0.717) is 19.8 Å². The number of benzene rings is 1. The molecule has 3 N–H and O–H groups in total. The summed E-state index contributed by atoms with van der Waals surface area (Å²) in [5, 5.41) is 2.87. The number of ether oxygens (including phenoxy) is 2. The summed E-state index contributed by atoms with van der Waals surface area (Å²) < 4.78 is 11.0. The Morgan fingerprint density at radius 1 is 1.27 bits per heavy atom. The van der Waals surface area contributed by atoms with Gasteiger partial charge in [0.15, 0.2) is 0 Å². The van der Waals surface area contributed by atoms with Gasteiger partial charge in [-0.2, -0.15) is 0 Å². The second-order valence-corrected chi connectivity index (χ2v) is 5.83. The van der Waals surface area contributed by atoms with Gasteiger partial charge in [-0.25, -0.2) is 0 Å². The van der Waals surface area contributed by atoms with E-state index in [1.54, 1.807) is 0 Å². The number of anilines is 1. The third-order valence-corrected chi connectivity index (χ3v) is 3.71. The summed E-state index contributed by atoms with van der Waals surface area (Å²) in [4.78, 5) is 11.9. The smallest absolute Gasteiger partial charge is 0.244 e. The van der Waals surface area contributed by atoms with Crippen molar-refractivity contribution < 1.29 is 14.3 Å². The van der Waals surface area contributed by atoms with E-state index in [1.165, 1.54) is 0 Å². The fourth-order valence-electron chi connectivity index (χ4n) is 2.01. The number of carbonyl (C=O) groups excluding carboxylic acids is 1. The van der Waals surface area contributed by atoms with E-state index in [4.69, 9.17) is 15.2 Å². The third kappa shape index (κ3) is 5.40. The van der Waals surface area contributed by atoms with Gasteiger partial charge in [0.05, 0.1) is 25.4 Å². The van der Waals surface area contributed by atoms with Crippen LogP contribution in [-0.2, 0) is 20.9 Å². The van der Waals surface area contributed by atoms with Gasteiger partial charge in [0.2, 0.25) is 5.91 Å². The van der Waals surface area contributed by atoms with E-state index >= 15 is 0 Å². The first-order valence-electron chi connectivity index (χ1n) is 7.99. The van der Waals surface area contributed by atoms with Gasteiger partial charge in [0.25, 0.3) is 0 Å². The molecule has 1 aromatic rings. The van der Waals surface area contributed by atoms with Crippen molar-refractivity contribution in [1.82, 2.24) is 0 Å². The number of nitrogens with two attached hydrogens (primary N) is 1. The average molecular weight is 306 g/mol. The second kappa shape index (κ2) is 8.27. The monoisotopic (exact) mass is 306 g/mol. The van der Waals surface area contributed by atoms with Crippen molar-refractivity contribution in [3.63, 3.8) is 0 Å². The molecule has 5 nitrogen and oxygen atoms in total. The van der Waals surface area contributed by atoms with E-state index in [-0.39, 0.29) is 5.91 Å². The molecule has 1 aliphatic rings. The van der Waals surface area contributed by atoms with Crippen LogP contribution in [-0.4, -0.2) is 31.3 Å². The summed E-state index contributed by atoms with van der Waals surface area (Å²) in [6.45, 7) is 4.64. The largest absolute Gasteiger partial charge is 0.379 e. The Bertz CT molecular complexity index is 487. The number of amides is 1. The van der Waals surface area contributed by atoms with Gasteiger partial charge in [-0.1, -0.05) is 25.5 Å². The van der Waals surface area contributed by atoms with Crippen molar-refractivity contribution >= 4 is 11.6 Å². The minimum Gasteiger partial charge on any atom is -0.379 e. The minimum absolute atomic E-state index is 0.102. The quantitative estimate of drug-likeness (QED) is 0.651. The fourth-order valence-corrected chi connectivity index (χ4v) is 2.01. The second-order valence-electron chi connectivity index (χ2n) is 5.83. The highest BCUT2D eigenvalue weighted by Gasteiger charge is 2.45. The molecule has 1 amide bonds. The van der Waals surface area contributed by atoms with Crippen LogP contribution in [0.25, 0.3) is 0 Å². The van der Waals surface area contributed by atoms with Gasteiger partial charge in [0.1, 0.15) is 0 Å². The van der Waals surface area contributed by atoms with Crippen LogP contribution < -0.4 is 11.1 Å². The Morgan fingerprint density at radius 3 is 2.77 bits per heavy atom. The molecule has 0 bridgehead atoms. The molecule has 0 spiro atoms. The molecule has 0 aliphatic heterocycles. The Balaban J connectivity index is 1.69. The number of rotatable bonds is 10. The van der Waals surface area contributed by atoms with Gasteiger partial charge < -0.3 is 20.5 Å². The molecular formula is C17H26N2O3. The Labute approximate surface area is 132 Å². The molecule has 0 radical (unpaired) electrons. The van der Waals surface area contributed by atoms with Crippen molar-refractivity contribution in [2.24, 2.45) is 5.73 Å². The molecule has 1 aliphatic carbocycles. The van der Waals surface area contributed by atoms with Crippen molar-refractivity contribution in [2.75, 3.05) is 25.1 Å². The lowest BCUT2D eigenvalue weighted by Crippen LogP contribution is -2.37. The lowest BCUT2D eigenvalue weighted by Gasteiger charge is -2.11. The summed E-state index contributed by atoms with van der Waals surface area (Å²) in [5.41, 5.74) is 7.01. The van der Waals surface area contributed by atoms with Gasteiger partial charge >= 0.3 is 0 Å². The maximum Gasteiger partial charge on any atom is 0.244 e. The lowest BCUT2D eigenvalue weighted by molar-refractivity contribution is -0.118. The summed E-state index contributed by atoms with van der Waals surface area (Å²) in [6, 6.07) is 7.66. The first-order valence-corrected chi connectivity index (χ1v) is 7.99. The molecule has 1 aromatic carbocycles. The van der Waals surface area contributed by atoms with E-state index in [2.05, 4.69) is 12.2 Å². The standard InChI is InChI=1S/C17H26N2O3/c1-2-3-9-21-10-11-22-13-14-5-4-6-15(12-14)19-16(20)17(18)7-8-17/h4-6,12H,2-3,7-11,13,18H2,1H3,(H,19,20). The van der Waals surface area contributed by atoms with Crippen LogP contribution in [0.4, 0.5) is 5.69 Å². The topological polar surface area (TPSA) is 73.6 Å². The molecule has 2 rings (SSSR count). The van der Waals surface area contributed by atoms with Crippen LogP contribution in [0, 0.1) is 0 Å². The van der Waals surface area contributed by atoms with Gasteiger partial charge in [-0.3, -0.25) is 4.79 Å². The van der Waals surface area contributed by atoms with Crippen LogP contribution in [0.2, 0.25) is 0 Å². The zero-order valence-electron chi connectivity index (χ0n) is 13.3. The summed E-state index contributed by atoms with van der Waals surface area (Å²) in [6.07, 6.45) is 3.76. The SMILES string of the molecule is CCCCOCCOCc1cccc(NC(=O)C2(N)CC2)c1. The summed E-state index contributed by atoms with van der Waals surface area (Å²) in [7, 11) is 0. The molecule has 1 fully saturated rings. The molecule has 0 aromatic heterocycles. The summed E-state index contributed by atoms with van der Waals surface area (Å²) >= 11 is 0. The predicted octanol–water partition coefficient (Wildman–Crippen LogP) is 2.45. The van der Waals surface area contributed by atoms with Gasteiger partial charge in [0, 0.05) is 12.3 Å². The Hall–Kier alpha value is -1.43. The number of hydrogen-bond acceptors (Lipinski definition) is 4. The van der Waals surface area contributed by atoms with Crippen molar-refractivity contribution in [3.05, 3.63) is 29.8 Å². The highest BCUT2D eigenvalue weighted by atomic mass is 16.5. The van der Waals surface area contributed by atoms with Crippen LogP contribution in [0.15, 0.2) is 24.3 Å². The van der Waals surface area contributed by atoms with Crippen LogP contribution in [0.3, 0.4) is 0 Å². The molecule has 5 heteroatoms. The van der Waals surface area contributed by atoms with Gasteiger partial charge in [-0.05, 0) is 37.0 Å². The lowest BCUT2D eigenvalue weighted by atomic mass is 10.2. The Kier molecular flexibility index (Phi) is 6.36. The highest BCUT2D eigenvalue weighted by molar-refractivity contribution is 6.00. The first-order chi connectivity index (χ1) is 10.6. The average Bonchev–Trinajstić information content (AvgIpc) is 3.26. The molecule has 0 heterocycles. The fraction of sp³-hybridized carbons (Fsp3) is 0.588. The van der Waals surface area contributed by atoms with E-state index in [1.807, 2.05) is 24.3 Å². The number of hydrogen-bond donors (Lipinski definition) is 2. The highest BCUT2D eigenvalue weighted by Crippen LogP contribution is 2.33. The van der Waals surface area contributed by atoms with E-state index in [9.17, 15) is 4.79 Å². The normalized spacial score (nSPS) is 15.5. The molecule has 0 unspecified atom stereocenters.